The Morgan fingerprint density at radius 3 is 1.95 bits per heavy atom. The van der Waals surface area contributed by atoms with Gasteiger partial charge in [-0.2, -0.15) is 0 Å². The molecule has 0 aromatic heterocycles. The van der Waals surface area contributed by atoms with Gasteiger partial charge in [-0.25, -0.2) is 13.2 Å². The third-order valence-electron chi connectivity index (χ3n) is 5.91. The van der Waals surface area contributed by atoms with Crippen LogP contribution in [0.1, 0.15) is 69.8 Å². The molecule has 0 bridgehead atoms. The van der Waals surface area contributed by atoms with Crippen LogP contribution in [-0.4, -0.2) is 0 Å². The Morgan fingerprint density at radius 1 is 0.909 bits per heavy atom. The van der Waals surface area contributed by atoms with E-state index in [0.29, 0.717) is 17.4 Å². The van der Waals surface area contributed by atoms with Gasteiger partial charge in [0.25, 0.3) is 0 Å². The minimum absolute atomic E-state index is 0.197. The van der Waals surface area contributed by atoms with Gasteiger partial charge in [-0.1, -0.05) is 32.6 Å². The van der Waals surface area contributed by atoms with E-state index < -0.39 is 17.5 Å². The molecule has 0 aliphatic heterocycles. The molecule has 22 heavy (non-hydrogen) atoms. The molecule has 2 unspecified atom stereocenters. The summed E-state index contributed by atoms with van der Waals surface area (Å²) < 4.78 is 40.0. The van der Waals surface area contributed by atoms with Crippen LogP contribution in [0.3, 0.4) is 0 Å². The van der Waals surface area contributed by atoms with Gasteiger partial charge in [0.1, 0.15) is 0 Å². The third-order valence-corrected chi connectivity index (χ3v) is 5.91. The van der Waals surface area contributed by atoms with Gasteiger partial charge in [-0.05, 0) is 67.1 Å². The zero-order valence-electron chi connectivity index (χ0n) is 13.3. The summed E-state index contributed by atoms with van der Waals surface area (Å²) in [5, 5.41) is 0. The molecule has 2 saturated carbocycles. The second-order valence-electron chi connectivity index (χ2n) is 7.30. The summed E-state index contributed by atoms with van der Waals surface area (Å²) in [6.07, 6.45) is 9.70. The predicted molar refractivity (Wildman–Crippen MR) is 82.1 cm³/mol. The summed E-state index contributed by atoms with van der Waals surface area (Å²) >= 11 is 0. The normalized spacial score (nSPS) is 31.8. The highest BCUT2D eigenvalue weighted by Gasteiger charge is 2.37. The molecule has 0 N–H and O–H groups in total. The topological polar surface area (TPSA) is 0 Å². The number of fused-ring (bicyclic) bond motifs is 1. The van der Waals surface area contributed by atoms with Crippen LogP contribution in [0.2, 0.25) is 0 Å². The van der Waals surface area contributed by atoms with Crippen molar-refractivity contribution in [3.05, 3.63) is 35.1 Å². The van der Waals surface area contributed by atoms with Crippen LogP contribution < -0.4 is 0 Å². The molecule has 0 radical (unpaired) electrons. The maximum Gasteiger partial charge on any atom is 0.194 e. The molecule has 1 aromatic carbocycles. The zero-order valence-corrected chi connectivity index (χ0v) is 13.3. The summed E-state index contributed by atoms with van der Waals surface area (Å²) in [6, 6.07) is 2.41. The fourth-order valence-electron chi connectivity index (χ4n) is 4.74. The lowest BCUT2D eigenvalue weighted by Gasteiger charge is -2.15. The Bertz CT molecular complexity index is 486. The summed E-state index contributed by atoms with van der Waals surface area (Å²) in [6.45, 7) is 2.25. The van der Waals surface area contributed by atoms with E-state index in [9.17, 15) is 13.2 Å². The Hall–Kier alpha value is -0.990. The quantitative estimate of drug-likeness (QED) is 0.583. The SMILES string of the molecule is CCCC1CCC2CC(c3cc(F)c(F)c(F)c3)CC2CC1. The molecule has 0 heterocycles. The van der Waals surface area contributed by atoms with Crippen molar-refractivity contribution in [1.29, 1.82) is 0 Å². The number of hydrogen-bond acceptors (Lipinski definition) is 0. The van der Waals surface area contributed by atoms with Crippen molar-refractivity contribution in [2.45, 2.75) is 64.2 Å². The second-order valence-corrected chi connectivity index (χ2v) is 7.30. The highest BCUT2D eigenvalue weighted by atomic mass is 19.2. The second kappa shape index (κ2) is 6.64. The first-order chi connectivity index (χ1) is 10.6. The fourth-order valence-corrected chi connectivity index (χ4v) is 4.74. The Labute approximate surface area is 131 Å². The molecule has 0 spiro atoms. The lowest BCUT2D eigenvalue weighted by molar-refractivity contribution is 0.367. The summed E-state index contributed by atoms with van der Waals surface area (Å²) in [4.78, 5) is 0. The van der Waals surface area contributed by atoms with Crippen LogP contribution >= 0.6 is 0 Å². The monoisotopic (exact) mass is 310 g/mol. The van der Waals surface area contributed by atoms with Gasteiger partial charge in [0.05, 0.1) is 0 Å². The first-order valence-electron chi connectivity index (χ1n) is 8.72. The van der Waals surface area contributed by atoms with E-state index in [4.69, 9.17) is 0 Å². The Morgan fingerprint density at radius 2 is 1.45 bits per heavy atom. The fraction of sp³-hybridized carbons (Fsp3) is 0.684. The van der Waals surface area contributed by atoms with Crippen LogP contribution in [0.4, 0.5) is 13.2 Å². The van der Waals surface area contributed by atoms with Crippen molar-refractivity contribution >= 4 is 0 Å². The first kappa shape index (κ1) is 15.9. The van der Waals surface area contributed by atoms with Gasteiger partial charge in [-0.3, -0.25) is 0 Å². The highest BCUT2D eigenvalue weighted by molar-refractivity contribution is 5.24. The van der Waals surface area contributed by atoms with E-state index in [1.165, 1.54) is 50.7 Å². The van der Waals surface area contributed by atoms with E-state index in [0.717, 1.165) is 18.8 Å². The number of halogens is 3. The van der Waals surface area contributed by atoms with Crippen molar-refractivity contribution in [3.8, 4) is 0 Å². The smallest absolute Gasteiger partial charge is 0.194 e. The highest BCUT2D eigenvalue weighted by Crippen LogP contribution is 2.49. The van der Waals surface area contributed by atoms with E-state index >= 15 is 0 Å². The number of hydrogen-bond donors (Lipinski definition) is 0. The molecule has 2 aliphatic rings. The number of benzene rings is 1. The minimum atomic E-state index is -1.35. The molecule has 3 heteroatoms. The summed E-state index contributed by atoms with van der Waals surface area (Å²) in [7, 11) is 0. The largest absolute Gasteiger partial charge is 0.204 e. The maximum atomic E-state index is 13.4. The molecule has 2 fully saturated rings. The lowest BCUT2D eigenvalue weighted by atomic mass is 9.91. The minimum Gasteiger partial charge on any atom is -0.204 e. The van der Waals surface area contributed by atoms with Gasteiger partial charge in [0.15, 0.2) is 17.5 Å². The van der Waals surface area contributed by atoms with Gasteiger partial charge < -0.3 is 0 Å². The maximum absolute atomic E-state index is 13.4. The average molecular weight is 310 g/mol. The first-order valence-corrected chi connectivity index (χ1v) is 8.72. The summed E-state index contributed by atoms with van der Waals surface area (Å²) in [5.74, 6) is -1.02. The van der Waals surface area contributed by atoms with Crippen LogP contribution in [-0.2, 0) is 0 Å². The molecule has 3 rings (SSSR count). The van der Waals surface area contributed by atoms with Crippen LogP contribution in [0.5, 0.6) is 0 Å². The molecule has 0 nitrogen and oxygen atoms in total. The predicted octanol–water partition coefficient (Wildman–Crippen LogP) is 6.20. The molecular formula is C19H25F3. The zero-order chi connectivity index (χ0) is 15.7. The van der Waals surface area contributed by atoms with Crippen molar-refractivity contribution in [2.24, 2.45) is 17.8 Å². The van der Waals surface area contributed by atoms with E-state index in [1.807, 2.05) is 0 Å². The van der Waals surface area contributed by atoms with Crippen LogP contribution in [0, 0.1) is 35.2 Å². The summed E-state index contributed by atoms with van der Waals surface area (Å²) in [5.41, 5.74) is 0.648. The van der Waals surface area contributed by atoms with Crippen molar-refractivity contribution in [1.82, 2.24) is 0 Å². The molecular weight excluding hydrogens is 285 g/mol. The van der Waals surface area contributed by atoms with Crippen molar-refractivity contribution < 1.29 is 13.2 Å². The average Bonchev–Trinajstić information content (AvgIpc) is 2.81. The van der Waals surface area contributed by atoms with Crippen LogP contribution in [0.15, 0.2) is 12.1 Å². The lowest BCUT2D eigenvalue weighted by Crippen LogP contribution is -2.04. The molecule has 2 atom stereocenters. The number of rotatable bonds is 3. The van der Waals surface area contributed by atoms with E-state index in [-0.39, 0.29) is 5.92 Å². The van der Waals surface area contributed by atoms with Crippen molar-refractivity contribution in [2.75, 3.05) is 0 Å². The standard InChI is InChI=1S/C19H25F3/c1-2-3-12-4-6-13-8-15(9-14(13)7-5-12)16-10-17(20)19(22)18(21)11-16/h10-15H,2-9H2,1H3. The molecule has 0 saturated heterocycles. The van der Waals surface area contributed by atoms with E-state index in [1.54, 1.807) is 0 Å². The van der Waals surface area contributed by atoms with Gasteiger partial charge in [0.2, 0.25) is 0 Å². The van der Waals surface area contributed by atoms with Crippen molar-refractivity contribution in [3.63, 3.8) is 0 Å². The Kier molecular flexibility index (Phi) is 4.79. The van der Waals surface area contributed by atoms with Crippen LogP contribution in [0.25, 0.3) is 0 Å². The Balaban J connectivity index is 1.69. The molecule has 122 valence electrons. The molecule has 1 aromatic rings. The van der Waals surface area contributed by atoms with Gasteiger partial charge >= 0.3 is 0 Å². The third kappa shape index (κ3) is 3.18. The molecule has 2 aliphatic carbocycles. The molecule has 0 amide bonds. The van der Waals surface area contributed by atoms with Gasteiger partial charge in [-0.15, -0.1) is 0 Å². The van der Waals surface area contributed by atoms with E-state index in [2.05, 4.69) is 6.92 Å². The van der Waals surface area contributed by atoms with Gasteiger partial charge in [0, 0.05) is 0 Å².